The molecule has 1 saturated carbocycles. The summed E-state index contributed by atoms with van der Waals surface area (Å²) in [4.78, 5) is 11.0. The number of nitrogens with one attached hydrogen (secondary N) is 1. The third-order valence-corrected chi connectivity index (χ3v) is 2.15. The molecule has 1 rings (SSSR count). The summed E-state index contributed by atoms with van der Waals surface area (Å²) in [6.45, 7) is 0. The molecule has 0 aromatic carbocycles. The first-order chi connectivity index (χ1) is 4.75. The quantitative estimate of drug-likeness (QED) is 0.535. The van der Waals surface area contributed by atoms with Gasteiger partial charge >= 0.3 is 0 Å². The van der Waals surface area contributed by atoms with Crippen molar-refractivity contribution in [3.8, 4) is 0 Å². The Morgan fingerprint density at radius 3 is 2.70 bits per heavy atom. The van der Waals surface area contributed by atoms with Crippen LogP contribution >= 0.6 is 0 Å². The fourth-order valence-corrected chi connectivity index (χ4v) is 1.50. The van der Waals surface area contributed by atoms with Crippen LogP contribution < -0.4 is 11.1 Å². The molecule has 0 aromatic rings. The highest BCUT2D eigenvalue weighted by molar-refractivity contribution is 5.79. The third-order valence-electron chi connectivity index (χ3n) is 2.15. The minimum absolute atomic E-state index is 0.0741. The van der Waals surface area contributed by atoms with Crippen molar-refractivity contribution in [2.75, 3.05) is 7.05 Å². The molecule has 2 atom stereocenters. The molecule has 1 amide bonds. The van der Waals surface area contributed by atoms with Gasteiger partial charge in [-0.15, -0.1) is 0 Å². The summed E-state index contributed by atoms with van der Waals surface area (Å²) < 4.78 is 0. The average Bonchev–Trinajstić information content (AvgIpc) is 2.34. The van der Waals surface area contributed by atoms with Crippen LogP contribution in [0, 0.1) is 5.92 Å². The van der Waals surface area contributed by atoms with Crippen LogP contribution in [0.1, 0.15) is 19.3 Å². The highest BCUT2D eigenvalue weighted by Gasteiger charge is 2.29. The maximum Gasteiger partial charge on any atom is 0.224 e. The third kappa shape index (κ3) is 1.29. The van der Waals surface area contributed by atoms with Gasteiger partial charge in [-0.1, -0.05) is 6.42 Å². The molecule has 1 fully saturated rings. The number of amides is 1. The number of hydrogen-bond donors (Lipinski definition) is 2. The first kappa shape index (κ1) is 7.54. The normalized spacial score (nSPS) is 32.2. The van der Waals surface area contributed by atoms with Gasteiger partial charge in [0.15, 0.2) is 0 Å². The maximum atomic E-state index is 11.0. The van der Waals surface area contributed by atoms with Crippen molar-refractivity contribution in [1.29, 1.82) is 0 Å². The van der Waals surface area contributed by atoms with Gasteiger partial charge in [-0.2, -0.15) is 0 Å². The van der Waals surface area contributed by atoms with Gasteiger partial charge in [0.25, 0.3) is 0 Å². The Balaban J connectivity index is 2.46. The molecule has 0 bridgehead atoms. The predicted octanol–water partition coefficient (Wildman–Crippen LogP) is -0.140. The Bertz CT molecular complexity index is 136. The first-order valence-electron chi connectivity index (χ1n) is 3.73. The summed E-state index contributed by atoms with van der Waals surface area (Å²) in [5, 5.41) is 2.62. The SMILES string of the molecule is CNC(=O)[C@H]1CCC[C@H]1N. The molecule has 3 heteroatoms. The Labute approximate surface area is 61.0 Å². The minimum atomic E-state index is 0.0741. The van der Waals surface area contributed by atoms with Gasteiger partial charge < -0.3 is 11.1 Å². The van der Waals surface area contributed by atoms with Crippen LogP contribution in [0.2, 0.25) is 0 Å². The van der Waals surface area contributed by atoms with Gasteiger partial charge in [0, 0.05) is 13.1 Å². The first-order valence-corrected chi connectivity index (χ1v) is 3.73. The number of carbonyl (C=O) groups is 1. The lowest BCUT2D eigenvalue weighted by Gasteiger charge is -2.12. The fourth-order valence-electron chi connectivity index (χ4n) is 1.50. The van der Waals surface area contributed by atoms with E-state index in [1.54, 1.807) is 7.05 Å². The molecule has 0 unspecified atom stereocenters. The summed E-state index contributed by atoms with van der Waals surface area (Å²) in [6, 6.07) is 0.0972. The molecule has 58 valence electrons. The minimum Gasteiger partial charge on any atom is -0.359 e. The van der Waals surface area contributed by atoms with Crippen LogP contribution in [0.15, 0.2) is 0 Å². The van der Waals surface area contributed by atoms with Gasteiger partial charge in [0.1, 0.15) is 0 Å². The van der Waals surface area contributed by atoms with Crippen LogP contribution in [-0.4, -0.2) is 19.0 Å². The zero-order valence-electron chi connectivity index (χ0n) is 6.26. The van der Waals surface area contributed by atoms with Gasteiger partial charge in [0.2, 0.25) is 5.91 Å². The standard InChI is InChI=1S/C7H14N2O/c1-9-7(10)5-3-2-4-6(5)8/h5-6H,2-4,8H2,1H3,(H,9,10)/t5-,6+/m0/s1. The molecule has 1 aliphatic carbocycles. The number of carbonyl (C=O) groups excluding carboxylic acids is 1. The smallest absolute Gasteiger partial charge is 0.224 e. The second-order valence-corrected chi connectivity index (χ2v) is 2.82. The zero-order chi connectivity index (χ0) is 7.56. The molecule has 1 aliphatic rings. The molecule has 0 aliphatic heterocycles. The second kappa shape index (κ2) is 3.01. The fraction of sp³-hybridized carbons (Fsp3) is 0.857. The molecular weight excluding hydrogens is 128 g/mol. The van der Waals surface area contributed by atoms with Crippen LogP contribution in [0.4, 0.5) is 0 Å². The highest BCUT2D eigenvalue weighted by Crippen LogP contribution is 2.23. The van der Waals surface area contributed by atoms with E-state index in [1.165, 1.54) is 0 Å². The van der Waals surface area contributed by atoms with E-state index in [0.717, 1.165) is 19.3 Å². The molecule has 0 radical (unpaired) electrons. The largest absolute Gasteiger partial charge is 0.359 e. The molecular formula is C7H14N2O. The topological polar surface area (TPSA) is 55.1 Å². The van der Waals surface area contributed by atoms with E-state index in [0.29, 0.717) is 0 Å². The van der Waals surface area contributed by atoms with E-state index < -0.39 is 0 Å². The molecule has 0 saturated heterocycles. The van der Waals surface area contributed by atoms with Crippen molar-refractivity contribution in [3.05, 3.63) is 0 Å². The Morgan fingerprint density at radius 2 is 2.30 bits per heavy atom. The van der Waals surface area contributed by atoms with Crippen LogP contribution in [0.3, 0.4) is 0 Å². The molecule has 3 nitrogen and oxygen atoms in total. The zero-order valence-corrected chi connectivity index (χ0v) is 6.26. The van der Waals surface area contributed by atoms with Crippen molar-refractivity contribution < 1.29 is 4.79 Å². The molecule has 0 spiro atoms. The van der Waals surface area contributed by atoms with E-state index in [-0.39, 0.29) is 17.9 Å². The Hall–Kier alpha value is -0.570. The number of nitrogens with two attached hydrogens (primary N) is 1. The molecule has 10 heavy (non-hydrogen) atoms. The summed E-state index contributed by atoms with van der Waals surface area (Å²) in [6.07, 6.45) is 3.05. The number of rotatable bonds is 1. The van der Waals surface area contributed by atoms with E-state index in [1.807, 2.05) is 0 Å². The number of hydrogen-bond acceptors (Lipinski definition) is 2. The summed E-state index contributed by atoms with van der Waals surface area (Å²) in [7, 11) is 1.66. The van der Waals surface area contributed by atoms with Gasteiger partial charge in [-0.3, -0.25) is 4.79 Å². The Kier molecular flexibility index (Phi) is 2.27. The monoisotopic (exact) mass is 142 g/mol. The van der Waals surface area contributed by atoms with Crippen LogP contribution in [0.5, 0.6) is 0 Å². The van der Waals surface area contributed by atoms with E-state index >= 15 is 0 Å². The predicted molar refractivity (Wildman–Crippen MR) is 39.4 cm³/mol. The summed E-state index contributed by atoms with van der Waals surface area (Å²) in [5.41, 5.74) is 5.69. The lowest BCUT2D eigenvalue weighted by Crippen LogP contribution is -2.36. The van der Waals surface area contributed by atoms with E-state index in [9.17, 15) is 4.79 Å². The van der Waals surface area contributed by atoms with Crippen molar-refractivity contribution in [2.24, 2.45) is 11.7 Å². The van der Waals surface area contributed by atoms with Gasteiger partial charge in [0.05, 0.1) is 5.92 Å². The van der Waals surface area contributed by atoms with Gasteiger partial charge in [-0.05, 0) is 12.8 Å². The second-order valence-electron chi connectivity index (χ2n) is 2.82. The lowest BCUT2D eigenvalue weighted by atomic mass is 10.0. The summed E-state index contributed by atoms with van der Waals surface area (Å²) in [5.74, 6) is 0.176. The lowest BCUT2D eigenvalue weighted by molar-refractivity contribution is -0.124. The summed E-state index contributed by atoms with van der Waals surface area (Å²) >= 11 is 0. The maximum absolute atomic E-state index is 11.0. The molecule has 0 aromatic heterocycles. The average molecular weight is 142 g/mol. The van der Waals surface area contributed by atoms with Crippen LogP contribution in [-0.2, 0) is 4.79 Å². The van der Waals surface area contributed by atoms with Gasteiger partial charge in [-0.25, -0.2) is 0 Å². The van der Waals surface area contributed by atoms with Crippen molar-refractivity contribution in [2.45, 2.75) is 25.3 Å². The molecule has 0 heterocycles. The van der Waals surface area contributed by atoms with Crippen LogP contribution in [0.25, 0.3) is 0 Å². The van der Waals surface area contributed by atoms with Crippen molar-refractivity contribution >= 4 is 5.91 Å². The Morgan fingerprint density at radius 1 is 1.60 bits per heavy atom. The molecule has 3 N–H and O–H groups in total. The van der Waals surface area contributed by atoms with Crippen molar-refractivity contribution in [3.63, 3.8) is 0 Å². The van der Waals surface area contributed by atoms with Crippen molar-refractivity contribution in [1.82, 2.24) is 5.32 Å². The highest BCUT2D eigenvalue weighted by atomic mass is 16.1. The van der Waals surface area contributed by atoms with E-state index in [4.69, 9.17) is 5.73 Å². The van der Waals surface area contributed by atoms with E-state index in [2.05, 4.69) is 5.32 Å².